The largest absolute Gasteiger partial charge is 0.478 e. The van der Waals surface area contributed by atoms with Crippen molar-refractivity contribution in [3.8, 4) is 11.5 Å². The maximum Gasteiger partial charge on any atom is 0.336 e. The number of hydrogen-bond acceptors (Lipinski definition) is 5. The summed E-state index contributed by atoms with van der Waals surface area (Å²) in [6, 6.07) is 11.5. The number of hydrogen-bond donors (Lipinski definition) is 1. The van der Waals surface area contributed by atoms with Crippen LogP contribution in [0.3, 0.4) is 0 Å². The van der Waals surface area contributed by atoms with E-state index >= 15 is 0 Å². The van der Waals surface area contributed by atoms with Crippen LogP contribution >= 0.6 is 0 Å². The van der Waals surface area contributed by atoms with Gasteiger partial charge in [0.2, 0.25) is 5.89 Å². The number of halogens is 1. The van der Waals surface area contributed by atoms with Crippen molar-refractivity contribution in [3.05, 3.63) is 76.9 Å². The standard InChI is InChI=1S/C27H30FNO5/c1-18-5-4-8-22(25(18)27(30)31)15-32-13-20-6-2-3-7-21(20)14-33-16-24-17-34-26(29-24)19-9-11-23(28)12-10-19/h4-5,8-12,17,20-21H,2-3,6-7,13-16H2,1H3,(H,30,31)/t20-,21+/m1/s1. The summed E-state index contributed by atoms with van der Waals surface area (Å²) in [5.74, 6) is -0.0193. The Hall–Kier alpha value is -3.03. The van der Waals surface area contributed by atoms with Crippen LogP contribution in [0.2, 0.25) is 0 Å². The molecule has 180 valence electrons. The van der Waals surface area contributed by atoms with Gasteiger partial charge in [0.25, 0.3) is 0 Å². The van der Waals surface area contributed by atoms with Gasteiger partial charge >= 0.3 is 5.97 Å². The number of carbonyl (C=O) groups is 1. The van der Waals surface area contributed by atoms with Crippen LogP contribution < -0.4 is 0 Å². The molecule has 0 amide bonds. The van der Waals surface area contributed by atoms with Gasteiger partial charge in [-0.2, -0.15) is 0 Å². The molecule has 1 fully saturated rings. The zero-order chi connectivity index (χ0) is 23.9. The van der Waals surface area contributed by atoms with E-state index in [0.29, 0.717) is 61.0 Å². The monoisotopic (exact) mass is 467 g/mol. The Morgan fingerprint density at radius 3 is 2.41 bits per heavy atom. The molecule has 0 spiro atoms. The second kappa shape index (κ2) is 11.4. The predicted molar refractivity (Wildman–Crippen MR) is 125 cm³/mol. The first-order valence-electron chi connectivity index (χ1n) is 11.7. The fourth-order valence-electron chi connectivity index (χ4n) is 4.61. The second-order valence-corrected chi connectivity index (χ2v) is 8.90. The van der Waals surface area contributed by atoms with Gasteiger partial charge in [0, 0.05) is 5.56 Å². The molecule has 1 saturated carbocycles. The molecular weight excluding hydrogens is 437 g/mol. The van der Waals surface area contributed by atoms with E-state index in [-0.39, 0.29) is 5.82 Å². The molecule has 0 aliphatic heterocycles. The van der Waals surface area contributed by atoms with Gasteiger partial charge in [-0.3, -0.25) is 0 Å². The number of carboxylic acids is 1. The molecule has 0 saturated heterocycles. The SMILES string of the molecule is Cc1cccc(COC[C@H]2CCCC[C@H]2COCc2coc(-c3ccc(F)cc3)n2)c1C(=O)O. The summed E-state index contributed by atoms with van der Waals surface area (Å²) in [6.07, 6.45) is 6.07. The molecule has 1 aromatic heterocycles. The van der Waals surface area contributed by atoms with Crippen molar-refractivity contribution in [1.29, 1.82) is 0 Å². The summed E-state index contributed by atoms with van der Waals surface area (Å²) in [5, 5.41) is 9.51. The molecule has 1 aliphatic carbocycles. The van der Waals surface area contributed by atoms with E-state index in [1.807, 2.05) is 12.1 Å². The summed E-state index contributed by atoms with van der Waals surface area (Å²) in [5.41, 5.74) is 3.20. The first kappa shape index (κ1) is 24.1. The van der Waals surface area contributed by atoms with E-state index < -0.39 is 5.97 Å². The fourth-order valence-corrected chi connectivity index (χ4v) is 4.61. The van der Waals surface area contributed by atoms with Gasteiger partial charge in [-0.05, 0) is 67.0 Å². The summed E-state index contributed by atoms with van der Waals surface area (Å²) < 4.78 is 30.6. The van der Waals surface area contributed by atoms with Gasteiger partial charge in [0.15, 0.2) is 0 Å². The zero-order valence-electron chi connectivity index (χ0n) is 19.3. The average Bonchev–Trinajstić information content (AvgIpc) is 3.29. The Balaban J connectivity index is 1.27. The average molecular weight is 468 g/mol. The van der Waals surface area contributed by atoms with Crippen molar-refractivity contribution < 1.29 is 28.2 Å². The van der Waals surface area contributed by atoms with Crippen LogP contribution in [0.25, 0.3) is 11.5 Å². The Bertz CT molecular complexity index is 1090. The second-order valence-electron chi connectivity index (χ2n) is 8.90. The molecule has 1 heterocycles. The molecule has 3 aromatic rings. The van der Waals surface area contributed by atoms with Gasteiger partial charge in [0.05, 0.1) is 32.0 Å². The van der Waals surface area contributed by atoms with E-state index in [9.17, 15) is 14.3 Å². The van der Waals surface area contributed by atoms with Crippen LogP contribution in [0.5, 0.6) is 0 Å². The number of benzene rings is 2. The lowest BCUT2D eigenvalue weighted by atomic mass is 9.80. The maximum absolute atomic E-state index is 13.1. The maximum atomic E-state index is 13.1. The summed E-state index contributed by atoms with van der Waals surface area (Å²) >= 11 is 0. The molecule has 2 atom stereocenters. The molecule has 2 aromatic carbocycles. The van der Waals surface area contributed by atoms with Crippen molar-refractivity contribution in [2.24, 2.45) is 11.8 Å². The van der Waals surface area contributed by atoms with Gasteiger partial charge in [-0.1, -0.05) is 31.0 Å². The van der Waals surface area contributed by atoms with Crippen LogP contribution in [0.1, 0.15) is 52.9 Å². The van der Waals surface area contributed by atoms with Gasteiger partial charge in [-0.25, -0.2) is 14.2 Å². The minimum absolute atomic E-state index is 0.290. The minimum atomic E-state index is -0.920. The van der Waals surface area contributed by atoms with Crippen LogP contribution in [0, 0.1) is 24.6 Å². The normalized spacial score (nSPS) is 18.2. The molecular formula is C27H30FNO5. The van der Waals surface area contributed by atoms with Crippen molar-refractivity contribution >= 4 is 5.97 Å². The van der Waals surface area contributed by atoms with Crippen molar-refractivity contribution in [2.45, 2.75) is 45.8 Å². The van der Waals surface area contributed by atoms with Crippen molar-refractivity contribution in [1.82, 2.24) is 4.98 Å². The van der Waals surface area contributed by atoms with E-state index in [4.69, 9.17) is 13.9 Å². The lowest BCUT2D eigenvalue weighted by Crippen LogP contribution is -2.27. The van der Waals surface area contributed by atoms with Crippen LogP contribution in [0.4, 0.5) is 4.39 Å². The van der Waals surface area contributed by atoms with E-state index in [1.165, 1.54) is 25.0 Å². The molecule has 0 bridgehead atoms. The number of carboxylic acid groups (broad SMARTS) is 1. The first-order valence-corrected chi connectivity index (χ1v) is 11.7. The Morgan fingerprint density at radius 2 is 1.74 bits per heavy atom. The quantitative estimate of drug-likeness (QED) is 0.392. The van der Waals surface area contributed by atoms with E-state index in [2.05, 4.69) is 4.98 Å². The van der Waals surface area contributed by atoms with Gasteiger partial charge in [0.1, 0.15) is 17.8 Å². The number of aryl methyl sites for hydroxylation is 1. The molecule has 7 heteroatoms. The third kappa shape index (κ3) is 6.10. The molecule has 0 unspecified atom stereocenters. The Morgan fingerprint density at radius 1 is 1.06 bits per heavy atom. The molecule has 1 N–H and O–H groups in total. The van der Waals surface area contributed by atoms with Crippen molar-refractivity contribution in [2.75, 3.05) is 13.2 Å². The predicted octanol–water partition coefficient (Wildman–Crippen LogP) is 6.03. The lowest BCUT2D eigenvalue weighted by molar-refractivity contribution is 0.00376. The minimum Gasteiger partial charge on any atom is -0.478 e. The van der Waals surface area contributed by atoms with Gasteiger partial charge < -0.3 is 19.0 Å². The summed E-state index contributed by atoms with van der Waals surface area (Å²) in [6.45, 7) is 3.63. The Kier molecular flexibility index (Phi) is 8.08. The highest BCUT2D eigenvalue weighted by molar-refractivity contribution is 5.91. The molecule has 0 radical (unpaired) electrons. The number of oxazole rings is 1. The summed E-state index contributed by atoms with van der Waals surface area (Å²) in [7, 11) is 0. The molecule has 6 nitrogen and oxygen atoms in total. The van der Waals surface area contributed by atoms with Crippen molar-refractivity contribution in [3.63, 3.8) is 0 Å². The highest BCUT2D eigenvalue weighted by atomic mass is 19.1. The van der Waals surface area contributed by atoms with Crippen LogP contribution in [-0.4, -0.2) is 29.3 Å². The molecule has 4 rings (SSSR count). The van der Waals surface area contributed by atoms with E-state index in [0.717, 1.165) is 24.0 Å². The lowest BCUT2D eigenvalue weighted by Gasteiger charge is -2.31. The zero-order valence-corrected chi connectivity index (χ0v) is 19.3. The van der Waals surface area contributed by atoms with E-state index in [1.54, 1.807) is 31.4 Å². The number of ether oxygens (including phenoxy) is 2. The number of aromatic nitrogens is 1. The summed E-state index contributed by atoms with van der Waals surface area (Å²) in [4.78, 5) is 16.0. The number of aromatic carboxylic acids is 1. The third-order valence-corrected chi connectivity index (χ3v) is 6.45. The molecule has 34 heavy (non-hydrogen) atoms. The van der Waals surface area contributed by atoms with Crippen LogP contribution in [-0.2, 0) is 22.7 Å². The number of nitrogens with zero attached hydrogens (tertiary/aromatic N) is 1. The van der Waals surface area contributed by atoms with Crippen LogP contribution in [0.15, 0.2) is 53.1 Å². The first-order chi connectivity index (χ1) is 16.5. The highest BCUT2D eigenvalue weighted by Gasteiger charge is 2.26. The smallest absolute Gasteiger partial charge is 0.336 e. The number of rotatable bonds is 10. The fraction of sp³-hybridized carbons (Fsp3) is 0.407. The topological polar surface area (TPSA) is 81.8 Å². The third-order valence-electron chi connectivity index (χ3n) is 6.45. The Labute approximate surface area is 198 Å². The van der Waals surface area contributed by atoms with Gasteiger partial charge in [-0.15, -0.1) is 0 Å². The molecule has 1 aliphatic rings. The highest BCUT2D eigenvalue weighted by Crippen LogP contribution is 2.31.